The Balaban J connectivity index is 3.37. The van der Waals surface area contributed by atoms with Crippen LogP contribution < -0.4 is 0 Å². The van der Waals surface area contributed by atoms with E-state index in [0.717, 1.165) is 12.3 Å². The van der Waals surface area contributed by atoms with E-state index < -0.39 is 17.2 Å². The standard InChI is InChI=1S/C10H11ClF3N/c1-9(2,3)8-7(11)6(4-5-15-8)10(12,13)14/h4-5H,1-3H3. The van der Waals surface area contributed by atoms with Gasteiger partial charge in [-0.2, -0.15) is 13.2 Å². The van der Waals surface area contributed by atoms with Crippen molar-refractivity contribution in [1.82, 2.24) is 4.98 Å². The molecule has 0 N–H and O–H groups in total. The molecular formula is C10H11ClF3N. The molecule has 0 saturated heterocycles. The van der Waals surface area contributed by atoms with E-state index in [9.17, 15) is 13.2 Å². The normalized spacial score (nSPS) is 13.0. The lowest BCUT2D eigenvalue weighted by Gasteiger charge is -2.21. The lowest BCUT2D eigenvalue weighted by atomic mass is 9.90. The van der Waals surface area contributed by atoms with Crippen molar-refractivity contribution < 1.29 is 13.2 Å². The molecular weight excluding hydrogens is 227 g/mol. The van der Waals surface area contributed by atoms with Gasteiger partial charge in [-0.1, -0.05) is 32.4 Å². The Labute approximate surface area is 91.3 Å². The molecule has 0 aliphatic carbocycles. The van der Waals surface area contributed by atoms with Crippen LogP contribution >= 0.6 is 11.6 Å². The maximum Gasteiger partial charge on any atom is 0.417 e. The highest BCUT2D eigenvalue weighted by molar-refractivity contribution is 6.32. The second-order valence-electron chi connectivity index (χ2n) is 4.27. The summed E-state index contributed by atoms with van der Waals surface area (Å²) in [6.07, 6.45) is -3.30. The molecule has 0 aromatic carbocycles. The Hall–Kier alpha value is -0.770. The number of aromatic nitrogens is 1. The zero-order chi connectivity index (χ0) is 11.9. The number of hydrogen-bond donors (Lipinski definition) is 0. The molecule has 5 heteroatoms. The molecule has 15 heavy (non-hydrogen) atoms. The Morgan fingerprint density at radius 3 is 2.13 bits per heavy atom. The molecule has 1 nitrogen and oxygen atoms in total. The maximum atomic E-state index is 12.5. The first-order valence-corrected chi connectivity index (χ1v) is 4.74. The average Bonchev–Trinajstić information content (AvgIpc) is 1.99. The van der Waals surface area contributed by atoms with Gasteiger partial charge in [0.1, 0.15) is 0 Å². The van der Waals surface area contributed by atoms with E-state index in [-0.39, 0.29) is 10.7 Å². The maximum absolute atomic E-state index is 12.5. The van der Waals surface area contributed by atoms with Gasteiger partial charge in [-0.15, -0.1) is 0 Å². The summed E-state index contributed by atoms with van der Waals surface area (Å²) in [5, 5.41) is -0.308. The molecule has 0 atom stereocenters. The average molecular weight is 238 g/mol. The van der Waals surface area contributed by atoms with Crippen molar-refractivity contribution >= 4 is 11.6 Å². The summed E-state index contributed by atoms with van der Waals surface area (Å²) in [4.78, 5) is 3.89. The first kappa shape index (κ1) is 12.3. The SMILES string of the molecule is CC(C)(C)c1nccc(C(F)(F)F)c1Cl. The first-order chi connectivity index (χ1) is 6.64. The Bertz CT molecular complexity index is 334. The van der Waals surface area contributed by atoms with Crippen LogP contribution in [0.4, 0.5) is 13.2 Å². The van der Waals surface area contributed by atoms with Crippen LogP contribution in [0.1, 0.15) is 32.0 Å². The predicted octanol–water partition coefficient (Wildman–Crippen LogP) is 4.05. The van der Waals surface area contributed by atoms with Gasteiger partial charge in [-0.05, 0) is 6.07 Å². The molecule has 0 aliphatic rings. The van der Waals surface area contributed by atoms with Gasteiger partial charge in [0.25, 0.3) is 0 Å². The van der Waals surface area contributed by atoms with Crippen molar-refractivity contribution in [3.05, 3.63) is 28.5 Å². The van der Waals surface area contributed by atoms with Crippen molar-refractivity contribution in [2.45, 2.75) is 32.4 Å². The van der Waals surface area contributed by atoms with E-state index in [1.165, 1.54) is 0 Å². The molecule has 0 bridgehead atoms. The molecule has 0 radical (unpaired) electrons. The third kappa shape index (κ3) is 2.62. The summed E-state index contributed by atoms with van der Waals surface area (Å²) >= 11 is 5.70. The zero-order valence-corrected chi connectivity index (χ0v) is 9.37. The molecule has 0 saturated carbocycles. The van der Waals surface area contributed by atoms with Gasteiger partial charge in [-0.25, -0.2) is 0 Å². The number of halogens is 4. The zero-order valence-electron chi connectivity index (χ0n) is 8.61. The van der Waals surface area contributed by atoms with Crippen molar-refractivity contribution in [3.63, 3.8) is 0 Å². The fourth-order valence-corrected chi connectivity index (χ4v) is 1.69. The molecule has 1 aromatic rings. The summed E-state index contributed by atoms with van der Waals surface area (Å²) in [5.74, 6) is 0. The molecule has 1 heterocycles. The van der Waals surface area contributed by atoms with Gasteiger partial charge >= 0.3 is 6.18 Å². The van der Waals surface area contributed by atoms with Gasteiger partial charge in [-0.3, -0.25) is 4.98 Å². The van der Waals surface area contributed by atoms with Crippen LogP contribution in [0, 0.1) is 0 Å². The van der Waals surface area contributed by atoms with Crippen molar-refractivity contribution in [2.24, 2.45) is 0 Å². The van der Waals surface area contributed by atoms with Crippen LogP contribution in [-0.4, -0.2) is 4.98 Å². The van der Waals surface area contributed by atoms with Crippen LogP contribution in [0.2, 0.25) is 5.02 Å². The quantitative estimate of drug-likeness (QED) is 0.663. The summed E-state index contributed by atoms with van der Waals surface area (Å²) in [5.41, 5.74) is -1.07. The van der Waals surface area contributed by atoms with E-state index in [4.69, 9.17) is 11.6 Å². The van der Waals surface area contributed by atoms with Gasteiger partial charge in [0.05, 0.1) is 16.3 Å². The van der Waals surface area contributed by atoms with E-state index in [1.807, 2.05) is 0 Å². The van der Waals surface area contributed by atoms with Crippen LogP contribution in [0.5, 0.6) is 0 Å². The Kier molecular flexibility index (Phi) is 3.01. The van der Waals surface area contributed by atoms with E-state index in [0.29, 0.717) is 0 Å². The molecule has 0 fully saturated rings. The highest BCUT2D eigenvalue weighted by atomic mass is 35.5. The highest BCUT2D eigenvalue weighted by Crippen LogP contribution is 2.38. The lowest BCUT2D eigenvalue weighted by Crippen LogP contribution is -2.17. The summed E-state index contributed by atoms with van der Waals surface area (Å²) in [6, 6.07) is 0.886. The molecule has 0 spiro atoms. The number of alkyl halides is 3. The lowest BCUT2D eigenvalue weighted by molar-refractivity contribution is -0.137. The smallest absolute Gasteiger partial charge is 0.259 e. The molecule has 0 amide bonds. The van der Waals surface area contributed by atoms with Gasteiger partial charge in [0.15, 0.2) is 0 Å². The summed E-state index contributed by atoms with van der Waals surface area (Å²) in [6.45, 7) is 5.30. The third-order valence-electron chi connectivity index (χ3n) is 1.91. The monoisotopic (exact) mass is 237 g/mol. The third-order valence-corrected chi connectivity index (χ3v) is 2.29. The number of rotatable bonds is 0. The molecule has 1 rings (SSSR count). The Morgan fingerprint density at radius 1 is 1.20 bits per heavy atom. The minimum absolute atomic E-state index is 0.263. The van der Waals surface area contributed by atoms with Crippen LogP contribution in [0.3, 0.4) is 0 Å². The topological polar surface area (TPSA) is 12.9 Å². The van der Waals surface area contributed by atoms with Gasteiger partial charge in [0, 0.05) is 11.6 Å². The molecule has 0 unspecified atom stereocenters. The predicted molar refractivity (Wildman–Crippen MR) is 52.9 cm³/mol. The summed E-state index contributed by atoms with van der Waals surface area (Å²) < 4.78 is 37.5. The highest BCUT2D eigenvalue weighted by Gasteiger charge is 2.35. The van der Waals surface area contributed by atoms with Crippen LogP contribution in [-0.2, 0) is 11.6 Å². The van der Waals surface area contributed by atoms with Gasteiger partial charge in [0.2, 0.25) is 0 Å². The minimum atomic E-state index is -4.43. The molecule has 1 aromatic heterocycles. The molecule has 84 valence electrons. The Morgan fingerprint density at radius 2 is 1.73 bits per heavy atom. The number of pyridine rings is 1. The van der Waals surface area contributed by atoms with Crippen LogP contribution in [0.25, 0.3) is 0 Å². The number of nitrogens with zero attached hydrogens (tertiary/aromatic N) is 1. The van der Waals surface area contributed by atoms with Crippen molar-refractivity contribution in [1.29, 1.82) is 0 Å². The summed E-state index contributed by atoms with van der Waals surface area (Å²) in [7, 11) is 0. The second kappa shape index (κ2) is 3.67. The minimum Gasteiger partial charge on any atom is -0.259 e. The van der Waals surface area contributed by atoms with E-state index in [1.54, 1.807) is 20.8 Å². The van der Waals surface area contributed by atoms with Crippen LogP contribution in [0.15, 0.2) is 12.3 Å². The fraction of sp³-hybridized carbons (Fsp3) is 0.500. The van der Waals surface area contributed by atoms with E-state index in [2.05, 4.69) is 4.98 Å². The van der Waals surface area contributed by atoms with Crippen molar-refractivity contribution in [3.8, 4) is 0 Å². The first-order valence-electron chi connectivity index (χ1n) is 4.36. The van der Waals surface area contributed by atoms with Crippen molar-refractivity contribution in [2.75, 3.05) is 0 Å². The second-order valence-corrected chi connectivity index (χ2v) is 4.65. The largest absolute Gasteiger partial charge is 0.417 e. The number of hydrogen-bond acceptors (Lipinski definition) is 1. The van der Waals surface area contributed by atoms with E-state index >= 15 is 0 Å². The molecule has 0 aliphatic heterocycles. The van der Waals surface area contributed by atoms with Gasteiger partial charge < -0.3 is 0 Å². The fourth-order valence-electron chi connectivity index (χ4n) is 1.19.